The van der Waals surface area contributed by atoms with E-state index in [0.717, 1.165) is 42.5 Å². The lowest BCUT2D eigenvalue weighted by Crippen LogP contribution is -2.18. The highest BCUT2D eigenvalue weighted by atomic mass is 35.5. The fourth-order valence-electron chi connectivity index (χ4n) is 1.55. The number of halogens is 1. The molecule has 1 aromatic rings. The van der Waals surface area contributed by atoms with Crippen LogP contribution < -0.4 is 5.32 Å². The van der Waals surface area contributed by atoms with Crippen molar-refractivity contribution in [3.8, 4) is 0 Å². The maximum absolute atomic E-state index is 6.27. The highest BCUT2D eigenvalue weighted by Gasteiger charge is 2.02. The summed E-state index contributed by atoms with van der Waals surface area (Å²) in [6.07, 6.45) is 1.05. The van der Waals surface area contributed by atoms with Crippen LogP contribution in [-0.2, 0) is 16.0 Å². The molecule has 19 heavy (non-hydrogen) atoms. The Hall–Kier alpha value is -0.260. The maximum Gasteiger partial charge on any atom is 0.0587 e. The zero-order valence-corrected chi connectivity index (χ0v) is 13.1. The highest BCUT2D eigenvalue weighted by Crippen LogP contribution is 2.25. The van der Waals surface area contributed by atoms with Crippen LogP contribution in [0, 0.1) is 0 Å². The van der Waals surface area contributed by atoms with Gasteiger partial charge in [0, 0.05) is 49.6 Å². The first kappa shape index (κ1) is 16.8. The Morgan fingerprint density at radius 2 is 2.00 bits per heavy atom. The highest BCUT2D eigenvalue weighted by molar-refractivity contribution is 7.99. The topological polar surface area (TPSA) is 30.5 Å². The summed E-state index contributed by atoms with van der Waals surface area (Å²) in [6, 6.07) is 6.24. The molecule has 0 saturated carbocycles. The van der Waals surface area contributed by atoms with Gasteiger partial charge in [0.15, 0.2) is 0 Å². The predicted octanol–water partition coefficient (Wildman–Crippen LogP) is 3.20. The van der Waals surface area contributed by atoms with Crippen LogP contribution in [-0.4, -0.2) is 39.7 Å². The second-order valence-corrected chi connectivity index (χ2v) is 5.69. The van der Waals surface area contributed by atoms with Crippen molar-refractivity contribution >= 4 is 23.4 Å². The Balaban J connectivity index is 2.36. The van der Waals surface area contributed by atoms with Crippen molar-refractivity contribution in [2.75, 3.05) is 39.7 Å². The quantitative estimate of drug-likeness (QED) is 0.531. The Morgan fingerprint density at radius 1 is 1.21 bits per heavy atom. The van der Waals surface area contributed by atoms with Gasteiger partial charge in [0.2, 0.25) is 0 Å². The number of methoxy groups -OCH3 is 2. The van der Waals surface area contributed by atoms with Crippen LogP contribution in [0.4, 0.5) is 0 Å². The molecule has 0 aliphatic rings. The first-order valence-corrected chi connectivity index (χ1v) is 7.74. The van der Waals surface area contributed by atoms with Gasteiger partial charge in [-0.05, 0) is 24.1 Å². The summed E-state index contributed by atoms with van der Waals surface area (Å²) >= 11 is 8.08. The molecule has 0 bridgehead atoms. The van der Waals surface area contributed by atoms with Crippen LogP contribution in [0.2, 0.25) is 5.02 Å². The molecule has 0 saturated heterocycles. The second kappa shape index (κ2) is 10.5. The fourth-order valence-corrected chi connectivity index (χ4v) is 2.73. The van der Waals surface area contributed by atoms with Gasteiger partial charge in [0.1, 0.15) is 0 Å². The van der Waals surface area contributed by atoms with Crippen LogP contribution in [0.5, 0.6) is 0 Å². The number of thioether (sulfide) groups is 1. The smallest absolute Gasteiger partial charge is 0.0587 e. The van der Waals surface area contributed by atoms with Gasteiger partial charge in [-0.2, -0.15) is 0 Å². The van der Waals surface area contributed by atoms with E-state index < -0.39 is 0 Å². The van der Waals surface area contributed by atoms with E-state index in [4.69, 9.17) is 21.1 Å². The number of hydrogen-bond acceptors (Lipinski definition) is 4. The molecule has 5 heteroatoms. The van der Waals surface area contributed by atoms with Crippen LogP contribution in [0.1, 0.15) is 12.0 Å². The molecule has 0 unspecified atom stereocenters. The minimum atomic E-state index is 0.713. The molecule has 0 aliphatic heterocycles. The molecular weight excluding hydrogens is 282 g/mol. The summed E-state index contributed by atoms with van der Waals surface area (Å²) in [5, 5.41) is 4.11. The summed E-state index contributed by atoms with van der Waals surface area (Å²) in [5.74, 6) is 1.05. The van der Waals surface area contributed by atoms with Crippen LogP contribution >= 0.6 is 23.4 Å². The zero-order valence-electron chi connectivity index (χ0n) is 11.6. The number of nitrogens with one attached hydrogen (secondary N) is 1. The summed E-state index contributed by atoms with van der Waals surface area (Å²) in [4.78, 5) is 1.21. The van der Waals surface area contributed by atoms with Crippen LogP contribution in [0.15, 0.2) is 23.1 Å². The number of ether oxygens (including phenoxy) is 2. The SMILES string of the molecule is COCCCSc1ccc(CNCCOC)c(Cl)c1. The molecule has 108 valence electrons. The van der Waals surface area contributed by atoms with Crippen molar-refractivity contribution in [1.29, 1.82) is 0 Å². The molecule has 0 radical (unpaired) electrons. The molecule has 0 fully saturated rings. The van der Waals surface area contributed by atoms with E-state index in [1.165, 1.54) is 4.90 Å². The van der Waals surface area contributed by atoms with Gasteiger partial charge in [-0.1, -0.05) is 17.7 Å². The average molecular weight is 304 g/mol. The Morgan fingerprint density at radius 3 is 2.68 bits per heavy atom. The molecule has 0 amide bonds. The molecule has 0 spiro atoms. The van der Waals surface area contributed by atoms with E-state index in [2.05, 4.69) is 17.4 Å². The van der Waals surface area contributed by atoms with Gasteiger partial charge < -0.3 is 14.8 Å². The maximum atomic E-state index is 6.27. The molecule has 0 heterocycles. The Labute approximate surface area is 125 Å². The van der Waals surface area contributed by atoms with E-state index in [9.17, 15) is 0 Å². The summed E-state index contributed by atoms with van der Waals surface area (Å²) in [5.41, 5.74) is 1.12. The summed E-state index contributed by atoms with van der Waals surface area (Å²) in [6.45, 7) is 3.13. The Bertz CT molecular complexity index is 363. The molecule has 1 aromatic carbocycles. The van der Waals surface area contributed by atoms with E-state index in [-0.39, 0.29) is 0 Å². The fraction of sp³-hybridized carbons (Fsp3) is 0.571. The van der Waals surface area contributed by atoms with E-state index in [1.54, 1.807) is 14.2 Å². The van der Waals surface area contributed by atoms with Crippen LogP contribution in [0.3, 0.4) is 0 Å². The predicted molar refractivity (Wildman–Crippen MR) is 82.3 cm³/mol. The summed E-state index contributed by atoms with van der Waals surface area (Å²) in [7, 11) is 3.43. The first-order valence-electron chi connectivity index (χ1n) is 6.37. The molecule has 1 N–H and O–H groups in total. The number of hydrogen-bond donors (Lipinski definition) is 1. The largest absolute Gasteiger partial charge is 0.385 e. The van der Waals surface area contributed by atoms with Gasteiger partial charge in [-0.25, -0.2) is 0 Å². The van der Waals surface area contributed by atoms with Crippen molar-refractivity contribution in [2.45, 2.75) is 17.9 Å². The van der Waals surface area contributed by atoms with Crippen LogP contribution in [0.25, 0.3) is 0 Å². The molecule has 0 atom stereocenters. The molecule has 1 rings (SSSR count). The van der Waals surface area contributed by atoms with E-state index in [1.807, 2.05) is 17.8 Å². The molecule has 3 nitrogen and oxygen atoms in total. The van der Waals surface area contributed by atoms with Gasteiger partial charge in [0.05, 0.1) is 6.61 Å². The standard InChI is InChI=1S/C14H22ClNO2S/c1-17-7-3-9-19-13-5-4-12(14(15)10-13)11-16-6-8-18-2/h4-5,10,16H,3,6-9,11H2,1-2H3. The third-order valence-electron chi connectivity index (χ3n) is 2.58. The average Bonchev–Trinajstić information content (AvgIpc) is 2.42. The lowest BCUT2D eigenvalue weighted by molar-refractivity contribution is 0.199. The molecular formula is C14H22ClNO2S. The van der Waals surface area contributed by atoms with E-state index >= 15 is 0 Å². The van der Waals surface area contributed by atoms with Gasteiger partial charge in [-0.3, -0.25) is 0 Å². The van der Waals surface area contributed by atoms with Crippen molar-refractivity contribution in [2.24, 2.45) is 0 Å². The van der Waals surface area contributed by atoms with Crippen molar-refractivity contribution < 1.29 is 9.47 Å². The van der Waals surface area contributed by atoms with Crippen molar-refractivity contribution in [3.05, 3.63) is 28.8 Å². The third-order valence-corrected chi connectivity index (χ3v) is 4.02. The van der Waals surface area contributed by atoms with Gasteiger partial charge in [0.25, 0.3) is 0 Å². The van der Waals surface area contributed by atoms with Gasteiger partial charge in [-0.15, -0.1) is 11.8 Å². The summed E-state index contributed by atoms with van der Waals surface area (Å²) < 4.78 is 10.0. The third kappa shape index (κ3) is 7.18. The van der Waals surface area contributed by atoms with E-state index in [0.29, 0.717) is 6.61 Å². The molecule has 0 aromatic heterocycles. The molecule has 0 aliphatic carbocycles. The lowest BCUT2D eigenvalue weighted by atomic mass is 10.2. The minimum absolute atomic E-state index is 0.713. The number of rotatable bonds is 10. The lowest BCUT2D eigenvalue weighted by Gasteiger charge is -2.08. The monoisotopic (exact) mass is 303 g/mol. The first-order chi connectivity index (χ1) is 9.27. The number of benzene rings is 1. The Kier molecular flexibility index (Phi) is 9.30. The van der Waals surface area contributed by atoms with Crippen molar-refractivity contribution in [3.63, 3.8) is 0 Å². The van der Waals surface area contributed by atoms with Gasteiger partial charge >= 0.3 is 0 Å². The normalized spacial score (nSPS) is 10.9. The zero-order chi connectivity index (χ0) is 13.9. The minimum Gasteiger partial charge on any atom is -0.385 e. The second-order valence-electron chi connectivity index (χ2n) is 4.12. The van der Waals surface area contributed by atoms with Crippen molar-refractivity contribution in [1.82, 2.24) is 5.32 Å².